The summed E-state index contributed by atoms with van der Waals surface area (Å²) in [6, 6.07) is 0. The Morgan fingerprint density at radius 3 is 1.67 bits per heavy atom. The third-order valence-corrected chi connectivity index (χ3v) is 9.32. The second-order valence-corrected chi connectivity index (χ2v) is 13.3. The Morgan fingerprint density at radius 2 is 1.14 bits per heavy atom. The Morgan fingerprint density at radius 1 is 0.627 bits per heavy atom. The summed E-state index contributed by atoms with van der Waals surface area (Å²) in [6.07, 6.45) is -5.52. The number of nitrogens with zero attached hydrogens (tertiary/aromatic N) is 1. The summed E-state index contributed by atoms with van der Waals surface area (Å²) in [6.45, 7) is -1.07. The molecule has 0 saturated carbocycles. The van der Waals surface area contributed by atoms with E-state index in [1.54, 1.807) is 0 Å². The van der Waals surface area contributed by atoms with Crippen LogP contribution in [0, 0.1) is 0 Å². The van der Waals surface area contributed by atoms with Gasteiger partial charge in [0.05, 0.1) is 13.2 Å². The lowest BCUT2D eigenvalue weighted by Crippen LogP contribution is -2.66. The molecule has 3 aliphatic heterocycles. The number of carbonyl (C=O) groups excluding carboxylic acids is 5. The summed E-state index contributed by atoms with van der Waals surface area (Å²) in [7, 11) is 0. The molecular weight excluding hydrogens is 676 g/mol. The van der Waals surface area contributed by atoms with Gasteiger partial charge in [0.2, 0.25) is 5.91 Å². The number of carbonyl (C=O) groups is 5. The minimum Gasteiger partial charge on any atom is -0.394 e. The lowest BCUT2D eigenvalue weighted by atomic mass is 9.96. The monoisotopic (exact) mass is 730 g/mol. The molecule has 0 spiro atoms. The van der Waals surface area contributed by atoms with Crippen LogP contribution in [0.25, 0.3) is 0 Å². The van der Waals surface area contributed by atoms with Crippen molar-refractivity contribution in [2.75, 3.05) is 19.8 Å². The number of Topliss-reactive ketones (excluding diaryl/α,β-unsaturated/α-hetero) is 2. The van der Waals surface area contributed by atoms with Crippen molar-refractivity contribution in [3.05, 3.63) is 12.2 Å². The van der Waals surface area contributed by atoms with E-state index in [-0.39, 0.29) is 29.8 Å². The third-order valence-electron chi connectivity index (χ3n) is 9.32. The van der Waals surface area contributed by atoms with Gasteiger partial charge in [-0.15, -0.1) is 0 Å². The van der Waals surface area contributed by atoms with E-state index in [1.807, 2.05) is 0 Å². The number of nitrogens with one attached hydrogen (secondary N) is 1. The zero-order chi connectivity index (χ0) is 37.5. The van der Waals surface area contributed by atoms with E-state index in [0.29, 0.717) is 77.2 Å². The van der Waals surface area contributed by atoms with Gasteiger partial charge >= 0.3 is 0 Å². The van der Waals surface area contributed by atoms with Crippen molar-refractivity contribution in [3.8, 4) is 0 Å². The van der Waals surface area contributed by atoms with E-state index in [1.165, 1.54) is 17.1 Å². The largest absolute Gasteiger partial charge is 0.394 e. The van der Waals surface area contributed by atoms with Crippen molar-refractivity contribution in [2.24, 2.45) is 0 Å². The highest BCUT2D eigenvalue weighted by atomic mass is 16.7. The van der Waals surface area contributed by atoms with Gasteiger partial charge in [0.1, 0.15) is 60.4 Å². The second-order valence-electron chi connectivity index (χ2n) is 13.3. The predicted molar refractivity (Wildman–Crippen MR) is 175 cm³/mol. The Kier molecular flexibility index (Phi) is 18.2. The highest BCUT2D eigenvalue weighted by Crippen LogP contribution is 2.29. The van der Waals surface area contributed by atoms with Crippen molar-refractivity contribution in [3.63, 3.8) is 0 Å². The molecule has 3 heterocycles. The molecule has 2 saturated heterocycles. The Labute approximate surface area is 296 Å². The molecule has 0 aromatic heterocycles. The van der Waals surface area contributed by atoms with E-state index >= 15 is 0 Å². The molecule has 0 aliphatic carbocycles. The van der Waals surface area contributed by atoms with Crippen LogP contribution in [-0.4, -0.2) is 151 Å². The quantitative estimate of drug-likeness (QED) is 0.0428. The normalized spacial score (nSPS) is 30.9. The van der Waals surface area contributed by atoms with Crippen molar-refractivity contribution in [1.29, 1.82) is 0 Å². The van der Waals surface area contributed by atoms with Crippen molar-refractivity contribution >= 4 is 29.3 Å². The number of hydrogen-bond acceptors (Lipinski definition) is 15. The van der Waals surface area contributed by atoms with Gasteiger partial charge in [0, 0.05) is 50.8 Å². The van der Waals surface area contributed by atoms with Gasteiger partial charge in [-0.2, -0.15) is 0 Å². The SMILES string of the molecule is O=C(CCCCCC(=O)CCCCCN1C(=O)C=CC1=O)CCCCCC(=O)N[C@@H]1O[C@H](CO)[C@@H](O[C@@H]2O[C@H](CO)[C@H](O)[C@H](O)[C@H]2O)[C@H](O)[C@H]1O. The van der Waals surface area contributed by atoms with Crippen LogP contribution >= 0.6 is 0 Å². The molecule has 0 aromatic rings. The molecule has 10 atom stereocenters. The fraction of sp³-hybridized carbons (Fsp3) is 0.794. The standard InChI is InChI=1S/C34H54N2O15/c37-18-22-27(44)28(45)31(48)34(50-22)51-32-23(19-38)49-33(30(47)29(32)46)35-24(41)14-8-2-6-12-20(39)10-4-1-5-11-21(40)13-7-3-9-17-36-25(42)15-16-26(36)43/h15-16,22-23,27-34,37-38,44-48H,1-14,17-19H2,(H,35,41)/t22-,23-,27+,28+,29-,30-,31-,32-,33-,34+/m1/s1. The number of ether oxygens (including phenoxy) is 3. The van der Waals surface area contributed by atoms with Crippen LogP contribution in [0.3, 0.4) is 0 Å². The summed E-state index contributed by atoms with van der Waals surface area (Å²) in [5.41, 5.74) is 0. The van der Waals surface area contributed by atoms with Crippen LogP contribution in [0.1, 0.15) is 89.9 Å². The molecule has 51 heavy (non-hydrogen) atoms. The first kappa shape index (κ1) is 42.7. The average molecular weight is 731 g/mol. The molecule has 8 N–H and O–H groups in total. The molecule has 290 valence electrons. The first-order chi connectivity index (χ1) is 24.4. The van der Waals surface area contributed by atoms with Crippen LogP contribution in [-0.2, 0) is 38.2 Å². The summed E-state index contributed by atoms with van der Waals surface area (Å²) in [4.78, 5) is 61.1. The van der Waals surface area contributed by atoms with Gasteiger partial charge < -0.3 is 55.3 Å². The van der Waals surface area contributed by atoms with E-state index in [0.717, 1.165) is 12.8 Å². The van der Waals surface area contributed by atoms with Crippen molar-refractivity contribution in [2.45, 2.75) is 151 Å². The second kappa shape index (κ2) is 21.7. The minimum atomic E-state index is -1.79. The first-order valence-corrected chi connectivity index (χ1v) is 17.8. The molecule has 17 heteroatoms. The molecule has 3 rings (SSSR count). The average Bonchev–Trinajstić information content (AvgIpc) is 3.43. The van der Waals surface area contributed by atoms with E-state index in [4.69, 9.17) is 14.2 Å². The van der Waals surface area contributed by atoms with E-state index < -0.39 is 80.5 Å². The number of rotatable bonds is 23. The van der Waals surface area contributed by atoms with Crippen LogP contribution in [0.2, 0.25) is 0 Å². The molecule has 3 amide bonds. The number of hydrogen-bond donors (Lipinski definition) is 8. The van der Waals surface area contributed by atoms with Crippen molar-refractivity contribution < 1.29 is 73.9 Å². The zero-order valence-corrected chi connectivity index (χ0v) is 28.8. The number of aliphatic hydroxyl groups is 7. The highest BCUT2D eigenvalue weighted by Gasteiger charge is 2.50. The van der Waals surface area contributed by atoms with Gasteiger partial charge in [-0.25, -0.2) is 0 Å². The van der Waals surface area contributed by atoms with Crippen LogP contribution in [0.15, 0.2) is 12.2 Å². The maximum Gasteiger partial charge on any atom is 0.253 e. The predicted octanol–water partition coefficient (Wildman–Crippen LogP) is -1.75. The summed E-state index contributed by atoms with van der Waals surface area (Å²) in [5, 5.41) is 73.1. The Hall–Kier alpha value is -2.71. The number of aliphatic hydroxyl groups excluding tert-OH is 7. The molecule has 0 radical (unpaired) electrons. The lowest BCUT2D eigenvalue weighted by molar-refractivity contribution is -0.343. The molecule has 0 bridgehead atoms. The van der Waals surface area contributed by atoms with Gasteiger partial charge in [-0.1, -0.05) is 19.3 Å². The van der Waals surface area contributed by atoms with E-state index in [9.17, 15) is 59.7 Å². The fourth-order valence-corrected chi connectivity index (χ4v) is 6.22. The third kappa shape index (κ3) is 13.0. The van der Waals surface area contributed by atoms with Gasteiger partial charge in [0.25, 0.3) is 11.8 Å². The summed E-state index contributed by atoms with van der Waals surface area (Å²) >= 11 is 0. The molecular formula is C34H54N2O15. The maximum absolute atomic E-state index is 12.5. The molecule has 3 aliphatic rings. The lowest BCUT2D eigenvalue weighted by Gasteiger charge is -2.46. The maximum atomic E-state index is 12.5. The molecule has 0 unspecified atom stereocenters. The molecule has 17 nitrogen and oxygen atoms in total. The number of amides is 3. The Balaban J connectivity index is 1.22. The van der Waals surface area contributed by atoms with E-state index in [2.05, 4.69) is 5.32 Å². The van der Waals surface area contributed by atoms with Crippen molar-refractivity contribution in [1.82, 2.24) is 10.2 Å². The number of imide groups is 1. The van der Waals surface area contributed by atoms with Crippen LogP contribution in [0.5, 0.6) is 0 Å². The zero-order valence-electron chi connectivity index (χ0n) is 28.8. The van der Waals surface area contributed by atoms with Gasteiger partial charge in [0.15, 0.2) is 12.5 Å². The minimum absolute atomic E-state index is 0.0504. The van der Waals surface area contributed by atoms with Gasteiger partial charge in [-0.05, 0) is 38.5 Å². The Bertz CT molecular complexity index is 1160. The molecule has 2 fully saturated rings. The summed E-state index contributed by atoms with van der Waals surface area (Å²) < 4.78 is 16.3. The highest BCUT2D eigenvalue weighted by molar-refractivity contribution is 6.12. The number of ketones is 2. The first-order valence-electron chi connectivity index (χ1n) is 17.8. The van der Waals surface area contributed by atoms with Crippen LogP contribution < -0.4 is 5.32 Å². The summed E-state index contributed by atoms with van der Waals surface area (Å²) in [5.74, 6) is -0.812. The topological polar surface area (TPSA) is 270 Å². The molecule has 0 aromatic carbocycles. The number of unbranched alkanes of at least 4 members (excludes halogenated alkanes) is 6. The van der Waals surface area contributed by atoms with Gasteiger partial charge in [-0.3, -0.25) is 28.9 Å². The smallest absolute Gasteiger partial charge is 0.253 e. The fourth-order valence-electron chi connectivity index (χ4n) is 6.22. The van der Waals surface area contributed by atoms with Crippen LogP contribution in [0.4, 0.5) is 0 Å².